The van der Waals surface area contributed by atoms with Crippen molar-refractivity contribution in [3.8, 4) is 0 Å². The topological polar surface area (TPSA) is 54.9 Å². The minimum Gasteiger partial charge on any atom is -0.382 e. The molecule has 1 rings (SSSR count). The van der Waals surface area contributed by atoms with E-state index in [1.54, 1.807) is 19.2 Å². The zero-order valence-electron chi connectivity index (χ0n) is 14.7. The first-order valence-electron chi connectivity index (χ1n) is 8.07. The van der Waals surface area contributed by atoms with E-state index in [1.165, 1.54) is 6.07 Å². The predicted octanol–water partition coefficient (Wildman–Crippen LogP) is 3.07. The van der Waals surface area contributed by atoms with Crippen LogP contribution in [-0.2, 0) is 22.6 Å². The standard InChI is InChI=1S/C17H28FN3O2.HI/c1-4-19-17(20-9-6-10-23-5-2)21-12-14-7-8-16(18)15(11-14)13-22-3;/h7-8,11H,4-6,9-10,12-13H2,1-3H3,(H2,19,20,21);1H. The molecule has 0 bridgehead atoms. The molecule has 24 heavy (non-hydrogen) atoms. The summed E-state index contributed by atoms with van der Waals surface area (Å²) in [6.07, 6.45) is 0.923. The summed E-state index contributed by atoms with van der Waals surface area (Å²) in [4.78, 5) is 4.52. The molecule has 0 fully saturated rings. The molecule has 0 aliphatic heterocycles. The summed E-state index contributed by atoms with van der Waals surface area (Å²) in [5.74, 6) is 0.502. The maximum atomic E-state index is 13.6. The van der Waals surface area contributed by atoms with Crippen molar-refractivity contribution in [2.75, 3.05) is 33.4 Å². The van der Waals surface area contributed by atoms with Gasteiger partial charge in [-0.1, -0.05) is 6.07 Å². The van der Waals surface area contributed by atoms with E-state index in [9.17, 15) is 4.39 Å². The number of halogens is 2. The SMILES string of the molecule is CCNC(=NCc1ccc(F)c(COC)c1)NCCCOCC.I. The molecule has 1 aromatic carbocycles. The van der Waals surface area contributed by atoms with Crippen molar-refractivity contribution in [3.63, 3.8) is 0 Å². The second-order valence-electron chi connectivity index (χ2n) is 5.03. The quantitative estimate of drug-likeness (QED) is 0.248. The van der Waals surface area contributed by atoms with E-state index >= 15 is 0 Å². The van der Waals surface area contributed by atoms with Gasteiger partial charge in [-0.15, -0.1) is 24.0 Å². The molecule has 1 aromatic rings. The predicted molar refractivity (Wildman–Crippen MR) is 106 cm³/mol. The van der Waals surface area contributed by atoms with Crippen LogP contribution in [0.5, 0.6) is 0 Å². The molecule has 7 heteroatoms. The average molecular weight is 453 g/mol. The number of nitrogens with one attached hydrogen (secondary N) is 2. The van der Waals surface area contributed by atoms with Gasteiger partial charge in [-0.05, 0) is 38.0 Å². The molecule has 0 aliphatic carbocycles. The van der Waals surface area contributed by atoms with Crippen molar-refractivity contribution < 1.29 is 13.9 Å². The second-order valence-corrected chi connectivity index (χ2v) is 5.03. The van der Waals surface area contributed by atoms with Gasteiger partial charge >= 0.3 is 0 Å². The summed E-state index contributed by atoms with van der Waals surface area (Å²) in [6, 6.07) is 5.00. The van der Waals surface area contributed by atoms with Crippen LogP contribution in [0.25, 0.3) is 0 Å². The van der Waals surface area contributed by atoms with Crippen molar-refractivity contribution in [3.05, 3.63) is 35.1 Å². The number of guanidine groups is 1. The Morgan fingerprint density at radius 1 is 1.25 bits per heavy atom. The van der Waals surface area contributed by atoms with Crippen LogP contribution in [0.2, 0.25) is 0 Å². The number of hydrogen-bond donors (Lipinski definition) is 2. The third-order valence-electron chi connectivity index (χ3n) is 3.14. The minimum absolute atomic E-state index is 0. The third-order valence-corrected chi connectivity index (χ3v) is 3.14. The van der Waals surface area contributed by atoms with Crippen LogP contribution in [0.4, 0.5) is 4.39 Å². The highest BCUT2D eigenvalue weighted by Crippen LogP contribution is 2.12. The molecule has 0 amide bonds. The Labute approximate surface area is 161 Å². The number of ether oxygens (including phenoxy) is 2. The smallest absolute Gasteiger partial charge is 0.191 e. The second kappa shape index (κ2) is 14.4. The zero-order valence-corrected chi connectivity index (χ0v) is 17.1. The van der Waals surface area contributed by atoms with E-state index < -0.39 is 0 Å². The maximum Gasteiger partial charge on any atom is 0.191 e. The Balaban J connectivity index is 0.00000529. The molecule has 0 aromatic heterocycles. The molecule has 0 aliphatic rings. The molecule has 0 saturated carbocycles. The maximum absolute atomic E-state index is 13.6. The molecular weight excluding hydrogens is 424 g/mol. The van der Waals surface area contributed by atoms with Crippen LogP contribution < -0.4 is 10.6 Å². The average Bonchev–Trinajstić information content (AvgIpc) is 2.55. The summed E-state index contributed by atoms with van der Waals surface area (Å²) in [5, 5.41) is 6.46. The summed E-state index contributed by atoms with van der Waals surface area (Å²) in [6.45, 7) is 7.81. The summed E-state index contributed by atoms with van der Waals surface area (Å²) in [7, 11) is 1.56. The fraction of sp³-hybridized carbons (Fsp3) is 0.588. The van der Waals surface area contributed by atoms with E-state index in [2.05, 4.69) is 15.6 Å². The Hall–Kier alpha value is -0.930. The van der Waals surface area contributed by atoms with Gasteiger partial charge in [0, 0.05) is 39.0 Å². The van der Waals surface area contributed by atoms with Gasteiger partial charge in [-0.3, -0.25) is 0 Å². The Bertz CT molecular complexity index is 487. The number of rotatable bonds is 10. The molecule has 0 radical (unpaired) electrons. The van der Waals surface area contributed by atoms with Crippen molar-refractivity contribution in [2.45, 2.75) is 33.4 Å². The van der Waals surface area contributed by atoms with E-state index in [4.69, 9.17) is 9.47 Å². The zero-order chi connectivity index (χ0) is 16.9. The van der Waals surface area contributed by atoms with Gasteiger partial charge in [-0.2, -0.15) is 0 Å². The van der Waals surface area contributed by atoms with Gasteiger partial charge in [0.2, 0.25) is 0 Å². The Morgan fingerprint density at radius 3 is 2.71 bits per heavy atom. The van der Waals surface area contributed by atoms with Crippen LogP contribution in [0.3, 0.4) is 0 Å². The molecule has 0 atom stereocenters. The molecule has 0 spiro atoms. The van der Waals surface area contributed by atoms with Crippen molar-refractivity contribution in [1.82, 2.24) is 10.6 Å². The van der Waals surface area contributed by atoms with Gasteiger partial charge in [0.15, 0.2) is 5.96 Å². The van der Waals surface area contributed by atoms with Crippen LogP contribution in [0.15, 0.2) is 23.2 Å². The van der Waals surface area contributed by atoms with Gasteiger partial charge in [0.1, 0.15) is 5.82 Å². The van der Waals surface area contributed by atoms with E-state index in [1.807, 2.05) is 13.8 Å². The number of aliphatic imine (C=N–C) groups is 1. The van der Waals surface area contributed by atoms with Crippen LogP contribution in [0, 0.1) is 5.82 Å². The lowest BCUT2D eigenvalue weighted by Gasteiger charge is -2.11. The lowest BCUT2D eigenvalue weighted by Crippen LogP contribution is -2.38. The third kappa shape index (κ3) is 9.39. The fourth-order valence-corrected chi connectivity index (χ4v) is 2.03. The molecule has 0 unspecified atom stereocenters. The first-order valence-corrected chi connectivity index (χ1v) is 8.07. The Kier molecular flexibility index (Phi) is 13.9. The Morgan fingerprint density at radius 2 is 2.04 bits per heavy atom. The molecule has 0 heterocycles. The summed E-state index contributed by atoms with van der Waals surface area (Å²) < 4.78 is 23.9. The highest BCUT2D eigenvalue weighted by atomic mass is 127. The van der Waals surface area contributed by atoms with Crippen LogP contribution in [0.1, 0.15) is 31.4 Å². The van der Waals surface area contributed by atoms with E-state index in [-0.39, 0.29) is 36.4 Å². The van der Waals surface area contributed by atoms with Gasteiger partial charge in [0.05, 0.1) is 13.2 Å². The summed E-state index contributed by atoms with van der Waals surface area (Å²) in [5.41, 5.74) is 1.50. The lowest BCUT2D eigenvalue weighted by atomic mass is 10.1. The fourth-order valence-electron chi connectivity index (χ4n) is 2.03. The van der Waals surface area contributed by atoms with Crippen LogP contribution >= 0.6 is 24.0 Å². The minimum atomic E-state index is -0.250. The van der Waals surface area contributed by atoms with Crippen LogP contribution in [-0.4, -0.2) is 39.4 Å². The van der Waals surface area contributed by atoms with Crippen molar-refractivity contribution >= 4 is 29.9 Å². The molecular formula is C17H29FIN3O2. The molecule has 2 N–H and O–H groups in total. The summed E-state index contributed by atoms with van der Waals surface area (Å²) >= 11 is 0. The van der Waals surface area contributed by atoms with Crippen molar-refractivity contribution in [1.29, 1.82) is 0 Å². The van der Waals surface area contributed by atoms with Gasteiger partial charge < -0.3 is 20.1 Å². The number of hydrogen-bond acceptors (Lipinski definition) is 3. The number of benzene rings is 1. The van der Waals surface area contributed by atoms with Crippen molar-refractivity contribution in [2.24, 2.45) is 4.99 Å². The van der Waals surface area contributed by atoms with E-state index in [0.717, 1.165) is 44.2 Å². The molecule has 138 valence electrons. The highest BCUT2D eigenvalue weighted by Gasteiger charge is 2.04. The number of methoxy groups -OCH3 is 1. The highest BCUT2D eigenvalue weighted by molar-refractivity contribution is 14.0. The van der Waals surface area contributed by atoms with Gasteiger partial charge in [-0.25, -0.2) is 9.38 Å². The number of nitrogens with zero attached hydrogens (tertiary/aromatic N) is 1. The monoisotopic (exact) mass is 453 g/mol. The first-order chi connectivity index (χ1) is 11.2. The first kappa shape index (κ1) is 23.1. The lowest BCUT2D eigenvalue weighted by molar-refractivity contribution is 0.145. The van der Waals surface area contributed by atoms with E-state index in [0.29, 0.717) is 12.1 Å². The van der Waals surface area contributed by atoms with Gasteiger partial charge in [0.25, 0.3) is 0 Å². The molecule has 5 nitrogen and oxygen atoms in total. The normalized spacial score (nSPS) is 11.1. The largest absolute Gasteiger partial charge is 0.382 e. The molecule has 0 saturated heterocycles.